The molecule has 1 heterocycles. The molecule has 2 rings (SSSR count). The first-order valence-electron chi connectivity index (χ1n) is 6.06. The normalized spacial score (nSPS) is 10.3. The van der Waals surface area contributed by atoms with Crippen molar-refractivity contribution in [1.82, 2.24) is 9.97 Å². The van der Waals surface area contributed by atoms with E-state index >= 15 is 0 Å². The summed E-state index contributed by atoms with van der Waals surface area (Å²) in [6, 6.07) is 5.62. The Kier molecular flexibility index (Phi) is 4.22. The van der Waals surface area contributed by atoms with Gasteiger partial charge in [-0.1, -0.05) is 17.7 Å². The highest BCUT2D eigenvalue weighted by atomic mass is 35.5. The molecule has 0 aliphatic carbocycles. The lowest BCUT2D eigenvalue weighted by Crippen LogP contribution is -2.03. The van der Waals surface area contributed by atoms with Gasteiger partial charge in [-0.15, -0.1) is 0 Å². The zero-order valence-electron chi connectivity index (χ0n) is 11.2. The first kappa shape index (κ1) is 13.6. The number of aromatic nitrogens is 2. The van der Waals surface area contributed by atoms with E-state index in [4.69, 9.17) is 16.3 Å². The van der Waals surface area contributed by atoms with Crippen LogP contribution in [0.1, 0.15) is 12.5 Å². The van der Waals surface area contributed by atoms with Gasteiger partial charge in [0.25, 0.3) is 0 Å². The van der Waals surface area contributed by atoms with E-state index < -0.39 is 0 Å². The van der Waals surface area contributed by atoms with Crippen LogP contribution in [-0.4, -0.2) is 23.6 Å². The number of ether oxygens (including phenoxy) is 1. The molecule has 0 bridgehead atoms. The number of benzene rings is 1. The molecule has 0 unspecified atom stereocenters. The molecule has 1 N–H and O–H groups in total. The first-order chi connectivity index (χ1) is 9.17. The van der Waals surface area contributed by atoms with E-state index in [0.29, 0.717) is 10.8 Å². The predicted octanol–water partition coefficient (Wildman–Crippen LogP) is 3.55. The minimum atomic E-state index is 0.588. The molecule has 0 saturated carbocycles. The Morgan fingerprint density at radius 1 is 1.32 bits per heavy atom. The number of anilines is 1. The van der Waals surface area contributed by atoms with Crippen molar-refractivity contribution in [2.45, 2.75) is 13.8 Å². The third-order valence-electron chi connectivity index (χ3n) is 2.85. The molecule has 0 radical (unpaired) electrons. The molecule has 1 aromatic heterocycles. The Bertz CT molecular complexity index is 587. The van der Waals surface area contributed by atoms with Gasteiger partial charge in [0.15, 0.2) is 0 Å². The molecular formula is C14H16ClN3O. The SMILES string of the molecule is CCNc1ncnc(-c2ccc(Cl)c(OC)c2)c1C. The number of rotatable bonds is 4. The zero-order chi connectivity index (χ0) is 13.8. The maximum absolute atomic E-state index is 6.03. The first-order valence-corrected chi connectivity index (χ1v) is 6.44. The van der Waals surface area contributed by atoms with Crippen LogP contribution in [0.25, 0.3) is 11.3 Å². The third kappa shape index (κ3) is 2.79. The fourth-order valence-corrected chi connectivity index (χ4v) is 2.09. The summed E-state index contributed by atoms with van der Waals surface area (Å²) in [6.45, 7) is 4.85. The standard InChI is InChI=1S/C14H16ClN3O/c1-4-16-14-9(2)13(17-8-18-14)10-5-6-11(15)12(7-10)19-3/h5-8H,4H2,1-3H3,(H,16,17,18). The van der Waals surface area contributed by atoms with Crippen LogP contribution < -0.4 is 10.1 Å². The van der Waals surface area contributed by atoms with Gasteiger partial charge in [0.1, 0.15) is 17.9 Å². The van der Waals surface area contributed by atoms with Gasteiger partial charge in [0.05, 0.1) is 17.8 Å². The molecule has 0 spiro atoms. The number of nitrogens with one attached hydrogen (secondary N) is 1. The van der Waals surface area contributed by atoms with Gasteiger partial charge < -0.3 is 10.1 Å². The molecule has 1 aromatic carbocycles. The topological polar surface area (TPSA) is 47.0 Å². The minimum Gasteiger partial charge on any atom is -0.495 e. The van der Waals surface area contributed by atoms with E-state index in [9.17, 15) is 0 Å². The Morgan fingerprint density at radius 2 is 2.11 bits per heavy atom. The molecule has 0 saturated heterocycles. The van der Waals surface area contributed by atoms with E-state index in [2.05, 4.69) is 15.3 Å². The van der Waals surface area contributed by atoms with Crippen LogP contribution in [0.15, 0.2) is 24.5 Å². The molecule has 0 fully saturated rings. The summed E-state index contributed by atoms with van der Waals surface area (Å²) in [7, 11) is 1.60. The third-order valence-corrected chi connectivity index (χ3v) is 3.17. The lowest BCUT2D eigenvalue weighted by Gasteiger charge is -2.11. The molecule has 0 aliphatic rings. The molecule has 0 atom stereocenters. The maximum atomic E-state index is 6.03. The number of hydrogen-bond donors (Lipinski definition) is 1. The van der Waals surface area contributed by atoms with Crippen LogP contribution >= 0.6 is 11.6 Å². The average molecular weight is 278 g/mol. The molecule has 2 aromatic rings. The number of nitrogens with zero attached hydrogens (tertiary/aromatic N) is 2. The molecule has 0 amide bonds. The van der Waals surface area contributed by atoms with Gasteiger partial charge in [-0.25, -0.2) is 9.97 Å². The zero-order valence-corrected chi connectivity index (χ0v) is 12.0. The van der Waals surface area contributed by atoms with Gasteiger partial charge in [-0.3, -0.25) is 0 Å². The summed E-state index contributed by atoms with van der Waals surface area (Å²) in [6.07, 6.45) is 1.56. The fraction of sp³-hybridized carbons (Fsp3) is 0.286. The summed E-state index contributed by atoms with van der Waals surface area (Å²) in [5.74, 6) is 1.49. The highest BCUT2D eigenvalue weighted by Gasteiger charge is 2.10. The van der Waals surface area contributed by atoms with Crippen molar-refractivity contribution >= 4 is 17.4 Å². The number of methoxy groups -OCH3 is 1. The van der Waals surface area contributed by atoms with Crippen molar-refractivity contribution in [2.24, 2.45) is 0 Å². The van der Waals surface area contributed by atoms with Gasteiger partial charge in [0.2, 0.25) is 0 Å². The summed E-state index contributed by atoms with van der Waals surface area (Å²) < 4.78 is 5.23. The highest BCUT2D eigenvalue weighted by Crippen LogP contribution is 2.31. The quantitative estimate of drug-likeness (QED) is 0.928. The molecule has 5 heteroatoms. The molecule has 4 nitrogen and oxygen atoms in total. The fourth-order valence-electron chi connectivity index (χ4n) is 1.89. The van der Waals surface area contributed by atoms with Crippen molar-refractivity contribution in [3.8, 4) is 17.0 Å². The Morgan fingerprint density at radius 3 is 2.79 bits per heavy atom. The van der Waals surface area contributed by atoms with Crippen LogP contribution in [0.4, 0.5) is 5.82 Å². The lowest BCUT2D eigenvalue weighted by molar-refractivity contribution is 0.415. The Balaban J connectivity index is 2.49. The monoisotopic (exact) mass is 277 g/mol. The summed E-state index contributed by atoms with van der Waals surface area (Å²) in [5, 5.41) is 3.81. The van der Waals surface area contributed by atoms with Gasteiger partial charge >= 0.3 is 0 Å². The van der Waals surface area contributed by atoms with E-state index in [1.54, 1.807) is 13.4 Å². The number of hydrogen-bond acceptors (Lipinski definition) is 4. The molecule has 100 valence electrons. The minimum absolute atomic E-state index is 0.588. The van der Waals surface area contributed by atoms with E-state index in [-0.39, 0.29) is 0 Å². The van der Waals surface area contributed by atoms with Crippen molar-refractivity contribution in [1.29, 1.82) is 0 Å². The highest BCUT2D eigenvalue weighted by molar-refractivity contribution is 6.32. The van der Waals surface area contributed by atoms with E-state index in [0.717, 1.165) is 29.2 Å². The van der Waals surface area contributed by atoms with Gasteiger partial charge in [-0.05, 0) is 26.0 Å². The van der Waals surface area contributed by atoms with Crippen LogP contribution in [0.2, 0.25) is 5.02 Å². The van der Waals surface area contributed by atoms with Crippen LogP contribution in [-0.2, 0) is 0 Å². The van der Waals surface area contributed by atoms with Crippen molar-refractivity contribution < 1.29 is 4.74 Å². The van der Waals surface area contributed by atoms with E-state index in [1.807, 2.05) is 32.0 Å². The van der Waals surface area contributed by atoms with Crippen LogP contribution in [0, 0.1) is 6.92 Å². The van der Waals surface area contributed by atoms with Crippen LogP contribution in [0.3, 0.4) is 0 Å². The van der Waals surface area contributed by atoms with E-state index in [1.165, 1.54) is 0 Å². The van der Waals surface area contributed by atoms with Gasteiger partial charge in [0, 0.05) is 17.7 Å². The summed E-state index contributed by atoms with van der Waals surface area (Å²) in [4.78, 5) is 8.58. The largest absolute Gasteiger partial charge is 0.495 e. The maximum Gasteiger partial charge on any atom is 0.138 e. The Hall–Kier alpha value is -1.81. The second-order valence-corrected chi connectivity index (χ2v) is 4.48. The van der Waals surface area contributed by atoms with Crippen molar-refractivity contribution in [3.63, 3.8) is 0 Å². The second-order valence-electron chi connectivity index (χ2n) is 4.08. The summed E-state index contributed by atoms with van der Waals surface area (Å²) >= 11 is 6.03. The summed E-state index contributed by atoms with van der Waals surface area (Å²) in [5.41, 5.74) is 2.84. The van der Waals surface area contributed by atoms with Crippen molar-refractivity contribution in [3.05, 3.63) is 35.1 Å². The molecular weight excluding hydrogens is 262 g/mol. The molecule has 0 aliphatic heterocycles. The Labute approximate surface area is 117 Å². The van der Waals surface area contributed by atoms with Crippen LogP contribution in [0.5, 0.6) is 5.75 Å². The molecule has 19 heavy (non-hydrogen) atoms. The predicted molar refractivity (Wildman–Crippen MR) is 77.9 cm³/mol. The van der Waals surface area contributed by atoms with Crippen molar-refractivity contribution in [2.75, 3.05) is 19.0 Å². The number of halogens is 1. The smallest absolute Gasteiger partial charge is 0.138 e. The van der Waals surface area contributed by atoms with Gasteiger partial charge in [-0.2, -0.15) is 0 Å². The lowest BCUT2D eigenvalue weighted by atomic mass is 10.1. The second kappa shape index (κ2) is 5.89. The average Bonchev–Trinajstić information content (AvgIpc) is 2.42.